The maximum absolute atomic E-state index is 12.8. The van der Waals surface area contributed by atoms with E-state index in [4.69, 9.17) is 4.74 Å². The van der Waals surface area contributed by atoms with Crippen molar-refractivity contribution in [1.82, 2.24) is 20.4 Å². The van der Waals surface area contributed by atoms with Crippen molar-refractivity contribution in [1.29, 1.82) is 0 Å². The Labute approximate surface area is 204 Å². The molecule has 0 atom stereocenters. The van der Waals surface area contributed by atoms with Gasteiger partial charge in [0.1, 0.15) is 0 Å². The summed E-state index contributed by atoms with van der Waals surface area (Å²) >= 11 is 0. The molecular weight excluding hydrogens is 505 g/mol. The lowest BCUT2D eigenvalue weighted by atomic mass is 9.84. The number of nitrogens with zero attached hydrogens (tertiary/aromatic N) is 3. The molecule has 2 fully saturated rings. The number of rotatable bonds is 7. The van der Waals surface area contributed by atoms with E-state index in [9.17, 15) is 4.79 Å². The molecule has 0 aromatic heterocycles. The van der Waals surface area contributed by atoms with Gasteiger partial charge in [-0.15, -0.1) is 24.0 Å². The van der Waals surface area contributed by atoms with Crippen LogP contribution < -0.4 is 10.6 Å². The van der Waals surface area contributed by atoms with Crippen LogP contribution in [-0.2, 0) is 22.6 Å². The van der Waals surface area contributed by atoms with E-state index in [-0.39, 0.29) is 35.3 Å². The van der Waals surface area contributed by atoms with E-state index in [1.807, 2.05) is 14.1 Å². The molecule has 0 spiro atoms. The van der Waals surface area contributed by atoms with Gasteiger partial charge in [-0.1, -0.05) is 37.1 Å². The number of ether oxygens (including phenoxy) is 1. The second-order valence-electron chi connectivity index (χ2n) is 8.67. The average Bonchev–Trinajstić information content (AvgIpc) is 3.24. The zero-order valence-electron chi connectivity index (χ0n) is 19.2. The van der Waals surface area contributed by atoms with Crippen LogP contribution >= 0.6 is 24.0 Å². The molecule has 2 N–H and O–H groups in total. The molecule has 0 bridgehead atoms. The molecule has 1 amide bonds. The minimum atomic E-state index is -0.306. The van der Waals surface area contributed by atoms with Crippen molar-refractivity contribution in [3.63, 3.8) is 0 Å². The highest BCUT2D eigenvalue weighted by Gasteiger charge is 2.42. The number of halogens is 1. The van der Waals surface area contributed by atoms with Crippen LogP contribution in [0.25, 0.3) is 0 Å². The zero-order valence-corrected chi connectivity index (χ0v) is 21.5. The highest BCUT2D eigenvalue weighted by Crippen LogP contribution is 2.38. The molecule has 0 unspecified atom stereocenters. The quantitative estimate of drug-likeness (QED) is 0.314. The van der Waals surface area contributed by atoms with Crippen LogP contribution in [-0.4, -0.2) is 75.7 Å². The van der Waals surface area contributed by atoms with E-state index in [1.165, 1.54) is 11.1 Å². The maximum atomic E-state index is 12.8. The molecular formula is C23H38IN5O2. The molecule has 0 radical (unpaired) electrons. The van der Waals surface area contributed by atoms with Crippen molar-refractivity contribution in [2.45, 2.75) is 38.8 Å². The van der Waals surface area contributed by atoms with E-state index in [2.05, 4.69) is 44.8 Å². The molecule has 1 saturated carbocycles. The van der Waals surface area contributed by atoms with Crippen molar-refractivity contribution in [3.05, 3.63) is 35.4 Å². The van der Waals surface area contributed by atoms with Gasteiger partial charge in [0.2, 0.25) is 5.91 Å². The molecule has 1 aromatic carbocycles. The van der Waals surface area contributed by atoms with Crippen molar-refractivity contribution in [2.24, 2.45) is 10.4 Å². The van der Waals surface area contributed by atoms with E-state index in [1.54, 1.807) is 11.9 Å². The van der Waals surface area contributed by atoms with Crippen molar-refractivity contribution in [2.75, 3.05) is 54.0 Å². The van der Waals surface area contributed by atoms with E-state index < -0.39 is 0 Å². The Kier molecular flexibility index (Phi) is 10.5. The summed E-state index contributed by atoms with van der Waals surface area (Å²) in [5.41, 5.74) is 2.24. The van der Waals surface area contributed by atoms with E-state index in [0.717, 1.165) is 64.5 Å². The van der Waals surface area contributed by atoms with Gasteiger partial charge in [-0.25, -0.2) is 0 Å². The lowest BCUT2D eigenvalue weighted by Crippen LogP contribution is -2.49. The molecule has 7 nitrogen and oxygen atoms in total. The number of aliphatic imine (C=N–C) groups is 1. The topological polar surface area (TPSA) is 69.2 Å². The number of morpholine rings is 1. The van der Waals surface area contributed by atoms with Gasteiger partial charge >= 0.3 is 0 Å². The number of carbonyl (C=O) groups is 1. The summed E-state index contributed by atoms with van der Waals surface area (Å²) in [5, 5.41) is 6.81. The van der Waals surface area contributed by atoms with Crippen LogP contribution in [0.15, 0.2) is 29.3 Å². The summed E-state index contributed by atoms with van der Waals surface area (Å²) < 4.78 is 5.44. The van der Waals surface area contributed by atoms with E-state index in [0.29, 0.717) is 13.1 Å². The Morgan fingerprint density at radius 3 is 2.48 bits per heavy atom. The van der Waals surface area contributed by atoms with Crippen molar-refractivity contribution >= 4 is 35.8 Å². The lowest BCUT2D eigenvalue weighted by molar-refractivity contribution is -0.138. The van der Waals surface area contributed by atoms with Gasteiger partial charge in [0.05, 0.1) is 18.6 Å². The first-order valence-electron chi connectivity index (χ1n) is 11.1. The Hall–Kier alpha value is -1.39. The molecule has 3 rings (SSSR count). The largest absolute Gasteiger partial charge is 0.379 e. The molecule has 174 valence electrons. The number of hydrogen-bond donors (Lipinski definition) is 2. The van der Waals surface area contributed by atoms with Crippen LogP contribution in [0.3, 0.4) is 0 Å². The van der Waals surface area contributed by atoms with Gasteiger partial charge in [0.25, 0.3) is 0 Å². The van der Waals surface area contributed by atoms with Gasteiger partial charge in [0, 0.05) is 53.9 Å². The minimum absolute atomic E-state index is 0. The fraction of sp³-hybridized carbons (Fsp3) is 0.652. The van der Waals surface area contributed by atoms with E-state index >= 15 is 0 Å². The SMILES string of the molecule is CN=C(NCc1cccc(CN2CCOCC2)c1)NCC1(C(=O)N(C)C)CCCC1.I. The van der Waals surface area contributed by atoms with Crippen LogP contribution in [0.4, 0.5) is 0 Å². The predicted octanol–water partition coefficient (Wildman–Crippen LogP) is 2.45. The first kappa shape index (κ1) is 25.9. The second-order valence-corrected chi connectivity index (χ2v) is 8.67. The van der Waals surface area contributed by atoms with Crippen molar-refractivity contribution < 1.29 is 9.53 Å². The molecule has 1 heterocycles. The minimum Gasteiger partial charge on any atom is -0.379 e. The average molecular weight is 543 g/mol. The third kappa shape index (κ3) is 7.32. The van der Waals surface area contributed by atoms with Gasteiger partial charge in [-0.05, 0) is 24.0 Å². The summed E-state index contributed by atoms with van der Waals surface area (Å²) in [5.74, 6) is 0.963. The first-order chi connectivity index (χ1) is 14.5. The molecule has 31 heavy (non-hydrogen) atoms. The third-order valence-corrected chi connectivity index (χ3v) is 6.20. The monoisotopic (exact) mass is 543 g/mol. The van der Waals surface area contributed by atoms with Gasteiger partial charge < -0.3 is 20.3 Å². The summed E-state index contributed by atoms with van der Waals surface area (Å²) in [6.07, 6.45) is 4.11. The number of nitrogens with one attached hydrogen (secondary N) is 2. The zero-order chi connectivity index (χ0) is 21.4. The molecule has 8 heteroatoms. The summed E-state index contributed by atoms with van der Waals surface area (Å²) in [7, 11) is 5.47. The summed E-state index contributed by atoms with van der Waals surface area (Å²) in [6, 6.07) is 8.69. The maximum Gasteiger partial charge on any atom is 0.230 e. The Balaban J connectivity index is 0.00000341. The standard InChI is InChI=1S/C23H37N5O2.HI/c1-24-22(26-18-23(9-4-5-10-23)21(29)27(2)3)25-16-19-7-6-8-20(15-19)17-28-11-13-30-14-12-28;/h6-8,15H,4-5,9-14,16-18H2,1-3H3,(H2,24,25,26);1H. The fourth-order valence-corrected chi connectivity index (χ4v) is 4.51. The Morgan fingerprint density at radius 2 is 1.84 bits per heavy atom. The molecule has 1 aromatic rings. The second kappa shape index (κ2) is 12.6. The van der Waals surface area contributed by atoms with Gasteiger partial charge in [-0.3, -0.25) is 14.7 Å². The molecule has 1 aliphatic heterocycles. The normalized spacial score (nSPS) is 18.9. The number of benzene rings is 1. The summed E-state index contributed by atoms with van der Waals surface area (Å²) in [6.45, 7) is 5.91. The van der Waals surface area contributed by atoms with Crippen LogP contribution in [0.2, 0.25) is 0 Å². The highest BCUT2D eigenvalue weighted by molar-refractivity contribution is 14.0. The van der Waals surface area contributed by atoms with Crippen LogP contribution in [0, 0.1) is 5.41 Å². The highest BCUT2D eigenvalue weighted by atomic mass is 127. The molecule has 2 aliphatic rings. The Bertz CT molecular complexity index is 728. The smallest absolute Gasteiger partial charge is 0.230 e. The number of hydrogen-bond acceptors (Lipinski definition) is 4. The van der Waals surface area contributed by atoms with Gasteiger partial charge in [-0.2, -0.15) is 0 Å². The van der Waals surface area contributed by atoms with Crippen molar-refractivity contribution in [3.8, 4) is 0 Å². The molecule has 1 saturated heterocycles. The predicted molar refractivity (Wildman–Crippen MR) is 136 cm³/mol. The Morgan fingerprint density at radius 1 is 1.16 bits per heavy atom. The lowest BCUT2D eigenvalue weighted by Gasteiger charge is -2.31. The number of amides is 1. The van der Waals surface area contributed by atoms with Crippen LogP contribution in [0.1, 0.15) is 36.8 Å². The van der Waals surface area contributed by atoms with Gasteiger partial charge in [0.15, 0.2) is 5.96 Å². The van der Waals surface area contributed by atoms with Crippen LogP contribution in [0.5, 0.6) is 0 Å². The number of carbonyl (C=O) groups excluding carboxylic acids is 1. The number of guanidine groups is 1. The summed E-state index contributed by atoms with van der Waals surface area (Å²) in [4.78, 5) is 21.3. The first-order valence-corrected chi connectivity index (χ1v) is 11.1. The molecule has 1 aliphatic carbocycles. The fourth-order valence-electron chi connectivity index (χ4n) is 4.51. The third-order valence-electron chi connectivity index (χ3n) is 6.20.